The lowest BCUT2D eigenvalue weighted by Crippen LogP contribution is -2.24. The van der Waals surface area contributed by atoms with Gasteiger partial charge >= 0.3 is 0 Å². The first-order chi connectivity index (χ1) is 8.69. The summed E-state index contributed by atoms with van der Waals surface area (Å²) in [6.45, 7) is 2.76. The van der Waals surface area contributed by atoms with Crippen molar-refractivity contribution in [3.8, 4) is 0 Å². The molecule has 0 aliphatic carbocycles. The molecule has 1 aromatic rings. The molecule has 0 aliphatic rings. The maximum atomic E-state index is 11.9. The minimum Gasteiger partial charge on any atom is -0.388 e. The van der Waals surface area contributed by atoms with E-state index in [0.29, 0.717) is 0 Å². The molecular formula is C14H22N2OS. The highest BCUT2D eigenvalue weighted by molar-refractivity contribution is 7.98. The molecule has 4 heteroatoms. The fourth-order valence-corrected chi connectivity index (χ4v) is 2.25. The Morgan fingerprint density at radius 3 is 2.72 bits per heavy atom. The van der Waals surface area contributed by atoms with Gasteiger partial charge in [0.05, 0.1) is 0 Å². The van der Waals surface area contributed by atoms with Crippen molar-refractivity contribution in [1.82, 2.24) is 5.32 Å². The number of unbranched alkanes of at least 4 members (excludes halogenated alkanes) is 1. The van der Waals surface area contributed by atoms with Gasteiger partial charge < -0.3 is 10.6 Å². The van der Waals surface area contributed by atoms with Crippen LogP contribution in [0.25, 0.3) is 0 Å². The highest BCUT2D eigenvalue weighted by Crippen LogP contribution is 2.15. The lowest BCUT2D eigenvalue weighted by Gasteiger charge is -2.08. The number of hydrogen-bond acceptors (Lipinski definition) is 3. The van der Waals surface area contributed by atoms with Gasteiger partial charge in [-0.1, -0.05) is 0 Å². The maximum absolute atomic E-state index is 11.9. The minimum atomic E-state index is 0.0184. The Kier molecular flexibility index (Phi) is 6.65. The van der Waals surface area contributed by atoms with Crippen LogP contribution < -0.4 is 10.6 Å². The van der Waals surface area contributed by atoms with E-state index in [0.717, 1.165) is 42.0 Å². The predicted molar refractivity (Wildman–Crippen MR) is 80.7 cm³/mol. The molecule has 2 N–H and O–H groups in total. The average molecular weight is 266 g/mol. The first-order valence-corrected chi connectivity index (χ1v) is 7.64. The summed E-state index contributed by atoms with van der Waals surface area (Å²) in [6, 6.07) is 5.72. The van der Waals surface area contributed by atoms with Crippen LogP contribution in [0.4, 0.5) is 5.69 Å². The monoisotopic (exact) mass is 266 g/mol. The standard InChI is InChI=1S/C14H22N2OS/c1-11-10-12(6-7-13(11)15-2)14(17)16-8-4-5-9-18-3/h6-7,10,15H,4-5,8-9H2,1-3H3,(H,16,17). The predicted octanol–water partition coefficient (Wildman–Crippen LogP) is 2.91. The van der Waals surface area contributed by atoms with Crippen LogP contribution >= 0.6 is 11.8 Å². The first kappa shape index (κ1) is 14.9. The van der Waals surface area contributed by atoms with Crippen molar-refractivity contribution < 1.29 is 4.79 Å². The van der Waals surface area contributed by atoms with Crippen molar-refractivity contribution in [2.24, 2.45) is 0 Å². The van der Waals surface area contributed by atoms with Crippen LogP contribution in [-0.2, 0) is 0 Å². The zero-order valence-corrected chi connectivity index (χ0v) is 12.2. The van der Waals surface area contributed by atoms with E-state index in [1.807, 2.05) is 43.9 Å². The molecule has 1 aromatic carbocycles. The van der Waals surface area contributed by atoms with Crippen molar-refractivity contribution in [3.05, 3.63) is 29.3 Å². The summed E-state index contributed by atoms with van der Waals surface area (Å²) < 4.78 is 0. The highest BCUT2D eigenvalue weighted by Gasteiger charge is 2.06. The number of hydrogen-bond donors (Lipinski definition) is 2. The molecule has 0 unspecified atom stereocenters. The molecule has 0 spiro atoms. The van der Waals surface area contributed by atoms with Crippen molar-refractivity contribution >= 4 is 23.4 Å². The number of amides is 1. The second-order valence-corrected chi connectivity index (χ2v) is 5.22. The van der Waals surface area contributed by atoms with Gasteiger partial charge in [0, 0.05) is 24.8 Å². The third kappa shape index (κ3) is 4.61. The number of aryl methyl sites for hydroxylation is 1. The van der Waals surface area contributed by atoms with Crippen LogP contribution in [0.3, 0.4) is 0 Å². The number of nitrogens with one attached hydrogen (secondary N) is 2. The molecule has 0 aliphatic heterocycles. The van der Waals surface area contributed by atoms with Gasteiger partial charge in [-0.3, -0.25) is 4.79 Å². The Hall–Kier alpha value is -1.16. The summed E-state index contributed by atoms with van der Waals surface area (Å²) in [5.41, 5.74) is 2.88. The normalized spacial score (nSPS) is 10.2. The molecule has 0 saturated heterocycles. The maximum Gasteiger partial charge on any atom is 0.251 e. The molecular weight excluding hydrogens is 244 g/mol. The molecule has 0 bridgehead atoms. The second-order valence-electron chi connectivity index (χ2n) is 4.24. The SMILES string of the molecule is CNc1ccc(C(=O)NCCCCSC)cc1C. The smallest absolute Gasteiger partial charge is 0.251 e. The Morgan fingerprint density at radius 1 is 1.33 bits per heavy atom. The second kappa shape index (κ2) is 8.03. The quantitative estimate of drug-likeness (QED) is 0.746. The van der Waals surface area contributed by atoms with Crippen molar-refractivity contribution in [1.29, 1.82) is 0 Å². The number of thioether (sulfide) groups is 1. The summed E-state index contributed by atoms with van der Waals surface area (Å²) in [6.07, 6.45) is 4.30. The molecule has 3 nitrogen and oxygen atoms in total. The van der Waals surface area contributed by atoms with Crippen molar-refractivity contribution in [3.63, 3.8) is 0 Å². The van der Waals surface area contributed by atoms with E-state index < -0.39 is 0 Å². The van der Waals surface area contributed by atoms with Crippen LogP contribution in [0, 0.1) is 6.92 Å². The molecule has 0 radical (unpaired) electrons. The van der Waals surface area contributed by atoms with Gasteiger partial charge in [0.25, 0.3) is 5.91 Å². The van der Waals surface area contributed by atoms with E-state index in [-0.39, 0.29) is 5.91 Å². The molecule has 0 aromatic heterocycles. The van der Waals surface area contributed by atoms with E-state index >= 15 is 0 Å². The van der Waals surface area contributed by atoms with E-state index in [2.05, 4.69) is 16.9 Å². The van der Waals surface area contributed by atoms with Gasteiger partial charge in [-0.05, 0) is 55.5 Å². The number of carbonyl (C=O) groups is 1. The van der Waals surface area contributed by atoms with Gasteiger partial charge in [-0.15, -0.1) is 0 Å². The molecule has 0 atom stereocenters. The average Bonchev–Trinajstić information content (AvgIpc) is 2.38. The zero-order chi connectivity index (χ0) is 13.4. The van der Waals surface area contributed by atoms with E-state index in [9.17, 15) is 4.79 Å². The fraction of sp³-hybridized carbons (Fsp3) is 0.500. The number of benzene rings is 1. The van der Waals surface area contributed by atoms with Gasteiger partial charge in [0.15, 0.2) is 0 Å². The Labute approximate surface area is 114 Å². The lowest BCUT2D eigenvalue weighted by atomic mass is 10.1. The van der Waals surface area contributed by atoms with Gasteiger partial charge in [0.1, 0.15) is 0 Å². The summed E-state index contributed by atoms with van der Waals surface area (Å²) in [7, 11) is 1.88. The largest absolute Gasteiger partial charge is 0.388 e. The van der Waals surface area contributed by atoms with Crippen LogP contribution in [0.15, 0.2) is 18.2 Å². The molecule has 18 heavy (non-hydrogen) atoms. The first-order valence-electron chi connectivity index (χ1n) is 6.24. The van der Waals surface area contributed by atoms with Crippen LogP contribution in [0.5, 0.6) is 0 Å². The van der Waals surface area contributed by atoms with Gasteiger partial charge in [-0.2, -0.15) is 11.8 Å². The molecule has 1 amide bonds. The Balaban J connectivity index is 2.44. The number of anilines is 1. The summed E-state index contributed by atoms with van der Waals surface area (Å²) >= 11 is 1.84. The Bertz CT molecular complexity index is 393. The van der Waals surface area contributed by atoms with Crippen LogP contribution in [0.1, 0.15) is 28.8 Å². The third-order valence-electron chi connectivity index (χ3n) is 2.82. The van der Waals surface area contributed by atoms with Crippen molar-refractivity contribution in [2.45, 2.75) is 19.8 Å². The molecule has 0 heterocycles. The highest BCUT2D eigenvalue weighted by atomic mass is 32.2. The fourth-order valence-electron chi connectivity index (χ4n) is 1.76. The minimum absolute atomic E-state index is 0.0184. The summed E-state index contributed by atoms with van der Waals surface area (Å²) in [4.78, 5) is 11.9. The van der Waals surface area contributed by atoms with E-state index in [4.69, 9.17) is 0 Å². The molecule has 1 rings (SSSR count). The van der Waals surface area contributed by atoms with E-state index in [1.165, 1.54) is 0 Å². The lowest BCUT2D eigenvalue weighted by molar-refractivity contribution is 0.0953. The number of rotatable bonds is 7. The number of carbonyl (C=O) groups excluding carboxylic acids is 1. The van der Waals surface area contributed by atoms with Crippen molar-refractivity contribution in [2.75, 3.05) is 30.9 Å². The van der Waals surface area contributed by atoms with Gasteiger partial charge in [0.2, 0.25) is 0 Å². The zero-order valence-electron chi connectivity index (χ0n) is 11.4. The van der Waals surface area contributed by atoms with Crippen LogP contribution in [0.2, 0.25) is 0 Å². The molecule has 100 valence electrons. The van der Waals surface area contributed by atoms with Crippen LogP contribution in [-0.4, -0.2) is 31.5 Å². The molecule has 0 fully saturated rings. The molecule has 0 saturated carbocycles. The third-order valence-corrected chi connectivity index (χ3v) is 3.52. The Morgan fingerprint density at radius 2 is 2.11 bits per heavy atom. The topological polar surface area (TPSA) is 41.1 Å². The summed E-state index contributed by atoms with van der Waals surface area (Å²) in [5.74, 6) is 1.18. The van der Waals surface area contributed by atoms with E-state index in [1.54, 1.807) is 0 Å². The summed E-state index contributed by atoms with van der Waals surface area (Å²) in [5, 5.41) is 6.05. The van der Waals surface area contributed by atoms with Gasteiger partial charge in [-0.25, -0.2) is 0 Å².